The lowest BCUT2D eigenvalue weighted by Gasteiger charge is -2.27. The van der Waals surface area contributed by atoms with Gasteiger partial charge in [0.1, 0.15) is 11.1 Å². The number of thiophene rings is 1. The van der Waals surface area contributed by atoms with Gasteiger partial charge in [0, 0.05) is 6.04 Å². The van der Waals surface area contributed by atoms with Crippen LogP contribution < -0.4 is 10.6 Å². The quantitative estimate of drug-likeness (QED) is 0.769. The van der Waals surface area contributed by atoms with Gasteiger partial charge in [0.15, 0.2) is 0 Å². The van der Waals surface area contributed by atoms with Gasteiger partial charge in [-0.1, -0.05) is 6.42 Å². The highest BCUT2D eigenvalue weighted by atomic mass is 32.1. The van der Waals surface area contributed by atoms with Crippen LogP contribution in [-0.4, -0.2) is 29.6 Å². The number of hydrogen-bond acceptors (Lipinski definition) is 5. The van der Waals surface area contributed by atoms with Crippen molar-refractivity contribution in [2.75, 3.05) is 11.9 Å². The molecule has 21 heavy (non-hydrogen) atoms. The summed E-state index contributed by atoms with van der Waals surface area (Å²) in [7, 11) is 0. The van der Waals surface area contributed by atoms with Crippen LogP contribution in [0.3, 0.4) is 0 Å². The zero-order valence-electron chi connectivity index (χ0n) is 11.5. The highest BCUT2D eigenvalue weighted by Crippen LogP contribution is 2.24. The largest absolute Gasteiger partial charge is 0.481 e. The third-order valence-electron chi connectivity index (χ3n) is 3.61. The summed E-state index contributed by atoms with van der Waals surface area (Å²) < 4.78 is 0. The monoisotopic (exact) mass is 307 g/mol. The van der Waals surface area contributed by atoms with Crippen molar-refractivity contribution < 1.29 is 14.7 Å². The van der Waals surface area contributed by atoms with Crippen LogP contribution in [0, 0.1) is 17.2 Å². The minimum absolute atomic E-state index is 0.0596. The Hall–Kier alpha value is -1.91. The second kappa shape index (κ2) is 7.20. The van der Waals surface area contributed by atoms with Gasteiger partial charge in [-0.3, -0.25) is 9.59 Å². The first-order valence-corrected chi connectivity index (χ1v) is 7.71. The van der Waals surface area contributed by atoms with E-state index in [0.29, 0.717) is 23.4 Å². The fraction of sp³-hybridized carbons (Fsp3) is 0.500. The maximum Gasteiger partial charge on any atom is 0.306 e. The Balaban J connectivity index is 1.79. The zero-order valence-corrected chi connectivity index (χ0v) is 12.3. The second-order valence-corrected chi connectivity index (χ2v) is 6.02. The second-order valence-electron chi connectivity index (χ2n) is 5.10. The molecule has 3 N–H and O–H groups in total. The van der Waals surface area contributed by atoms with E-state index < -0.39 is 5.97 Å². The first-order chi connectivity index (χ1) is 10.1. The summed E-state index contributed by atoms with van der Waals surface area (Å²) in [5.74, 6) is -1.30. The number of aliphatic carboxylic acids is 1. The molecule has 112 valence electrons. The Kier molecular flexibility index (Phi) is 5.31. The van der Waals surface area contributed by atoms with E-state index in [1.165, 1.54) is 11.3 Å². The minimum Gasteiger partial charge on any atom is -0.481 e. The highest BCUT2D eigenvalue weighted by molar-refractivity contribution is 7.14. The first-order valence-electron chi connectivity index (χ1n) is 6.83. The number of hydrogen-bond donors (Lipinski definition) is 3. The Morgan fingerprint density at radius 3 is 3.00 bits per heavy atom. The van der Waals surface area contributed by atoms with E-state index >= 15 is 0 Å². The summed E-state index contributed by atoms with van der Waals surface area (Å²) in [5.41, 5.74) is 0.456. The number of nitrogens with one attached hydrogen (secondary N) is 2. The van der Waals surface area contributed by atoms with Crippen LogP contribution in [0.5, 0.6) is 0 Å². The van der Waals surface area contributed by atoms with Gasteiger partial charge in [0.25, 0.3) is 0 Å². The van der Waals surface area contributed by atoms with Crippen LogP contribution in [-0.2, 0) is 9.59 Å². The maximum absolute atomic E-state index is 11.8. The number of anilines is 1. The van der Waals surface area contributed by atoms with E-state index in [1.807, 2.05) is 6.07 Å². The third kappa shape index (κ3) is 4.28. The molecule has 7 heteroatoms. The number of nitriles is 1. The van der Waals surface area contributed by atoms with Crippen molar-refractivity contribution >= 4 is 28.2 Å². The van der Waals surface area contributed by atoms with E-state index in [2.05, 4.69) is 10.6 Å². The molecule has 2 unspecified atom stereocenters. The Bertz CT molecular complexity index is 564. The molecule has 2 rings (SSSR count). The van der Waals surface area contributed by atoms with Crippen molar-refractivity contribution in [1.82, 2.24) is 5.32 Å². The molecule has 1 amide bonds. The van der Waals surface area contributed by atoms with Crippen molar-refractivity contribution in [3.8, 4) is 6.07 Å². The summed E-state index contributed by atoms with van der Waals surface area (Å²) in [6, 6.07) is 3.73. The molecule has 1 fully saturated rings. The summed E-state index contributed by atoms with van der Waals surface area (Å²) in [4.78, 5) is 22.8. The van der Waals surface area contributed by atoms with Gasteiger partial charge in [-0.2, -0.15) is 5.26 Å². The summed E-state index contributed by atoms with van der Waals surface area (Å²) in [6.07, 6.45) is 3.02. The van der Waals surface area contributed by atoms with Gasteiger partial charge in [0.2, 0.25) is 5.91 Å². The highest BCUT2D eigenvalue weighted by Gasteiger charge is 2.26. The van der Waals surface area contributed by atoms with Gasteiger partial charge in [-0.25, -0.2) is 0 Å². The van der Waals surface area contributed by atoms with Crippen LogP contribution in [0.25, 0.3) is 0 Å². The number of rotatable bonds is 5. The van der Waals surface area contributed by atoms with Crippen molar-refractivity contribution in [1.29, 1.82) is 5.26 Å². The molecule has 6 nitrogen and oxygen atoms in total. The summed E-state index contributed by atoms with van der Waals surface area (Å²) in [6.45, 7) is 0.125. The molecule has 1 saturated carbocycles. The van der Waals surface area contributed by atoms with E-state index in [9.17, 15) is 9.59 Å². The summed E-state index contributed by atoms with van der Waals surface area (Å²) in [5, 5.41) is 26.0. The van der Waals surface area contributed by atoms with Crippen molar-refractivity contribution in [3.63, 3.8) is 0 Å². The SMILES string of the molecule is N#Cc1ccsc1NC(=O)CNC1CCCC(C(=O)O)C1. The average Bonchev–Trinajstić information content (AvgIpc) is 2.92. The predicted octanol–water partition coefficient (Wildman–Crippen LogP) is 1.79. The molecule has 0 saturated heterocycles. The van der Waals surface area contributed by atoms with E-state index in [1.54, 1.807) is 11.4 Å². The van der Waals surface area contributed by atoms with Gasteiger partial charge in [-0.15, -0.1) is 11.3 Å². The van der Waals surface area contributed by atoms with E-state index in [4.69, 9.17) is 10.4 Å². The number of nitrogens with zero attached hydrogens (tertiary/aromatic N) is 1. The van der Waals surface area contributed by atoms with Crippen LogP contribution in [0.4, 0.5) is 5.00 Å². The standard InChI is InChI=1S/C14H17N3O3S/c15-7-10-4-5-21-13(10)17-12(18)8-16-11-3-1-2-9(6-11)14(19)20/h4-5,9,11,16H,1-3,6,8H2,(H,17,18)(H,19,20). The van der Waals surface area contributed by atoms with Crippen LogP contribution in [0.1, 0.15) is 31.2 Å². The molecule has 1 aliphatic rings. The maximum atomic E-state index is 11.8. The molecule has 0 aromatic carbocycles. The normalized spacial score (nSPS) is 21.5. The molecular weight excluding hydrogens is 290 g/mol. The number of carboxylic acid groups (broad SMARTS) is 1. The van der Waals surface area contributed by atoms with Gasteiger partial charge in [0.05, 0.1) is 18.0 Å². The molecule has 0 spiro atoms. The van der Waals surface area contributed by atoms with E-state index in [0.717, 1.165) is 12.8 Å². The lowest BCUT2D eigenvalue weighted by atomic mass is 9.86. The molecule has 1 heterocycles. The zero-order chi connectivity index (χ0) is 15.2. The fourth-order valence-electron chi connectivity index (χ4n) is 2.50. The lowest BCUT2D eigenvalue weighted by Crippen LogP contribution is -2.40. The summed E-state index contributed by atoms with van der Waals surface area (Å²) >= 11 is 1.31. The van der Waals surface area contributed by atoms with E-state index in [-0.39, 0.29) is 24.4 Å². The van der Waals surface area contributed by atoms with Crippen LogP contribution in [0.15, 0.2) is 11.4 Å². The minimum atomic E-state index is -0.761. The third-order valence-corrected chi connectivity index (χ3v) is 4.44. The molecule has 1 aromatic heterocycles. The smallest absolute Gasteiger partial charge is 0.306 e. The fourth-order valence-corrected chi connectivity index (χ4v) is 3.26. The first kappa shape index (κ1) is 15.5. The molecular formula is C14H17N3O3S. The van der Waals surface area contributed by atoms with Gasteiger partial charge in [-0.05, 0) is 30.7 Å². The number of carbonyl (C=O) groups excluding carboxylic acids is 1. The van der Waals surface area contributed by atoms with Gasteiger partial charge < -0.3 is 15.7 Å². The lowest BCUT2D eigenvalue weighted by molar-refractivity contribution is -0.143. The molecule has 0 bridgehead atoms. The molecule has 1 aliphatic carbocycles. The Morgan fingerprint density at radius 1 is 1.48 bits per heavy atom. The Morgan fingerprint density at radius 2 is 2.29 bits per heavy atom. The number of carboxylic acids is 1. The number of amides is 1. The van der Waals surface area contributed by atoms with Crippen molar-refractivity contribution in [2.45, 2.75) is 31.7 Å². The Labute approximate surface area is 126 Å². The predicted molar refractivity (Wildman–Crippen MR) is 79.0 cm³/mol. The molecule has 0 radical (unpaired) electrons. The topological polar surface area (TPSA) is 102 Å². The van der Waals surface area contributed by atoms with Crippen LogP contribution >= 0.6 is 11.3 Å². The van der Waals surface area contributed by atoms with Gasteiger partial charge >= 0.3 is 5.97 Å². The van der Waals surface area contributed by atoms with Crippen LogP contribution in [0.2, 0.25) is 0 Å². The molecule has 2 atom stereocenters. The molecule has 1 aromatic rings. The van der Waals surface area contributed by atoms with Crippen molar-refractivity contribution in [2.24, 2.45) is 5.92 Å². The van der Waals surface area contributed by atoms with Crippen molar-refractivity contribution in [3.05, 3.63) is 17.0 Å². The average molecular weight is 307 g/mol. The number of carbonyl (C=O) groups is 2. The molecule has 0 aliphatic heterocycles.